The number of furan rings is 1. The average Bonchev–Trinajstić information content (AvgIpc) is 2.85. The van der Waals surface area contributed by atoms with Crippen molar-refractivity contribution >= 4 is 45.0 Å². The van der Waals surface area contributed by atoms with Gasteiger partial charge in [0.05, 0.1) is 6.54 Å². The van der Waals surface area contributed by atoms with Gasteiger partial charge in [0.1, 0.15) is 0 Å². The number of hydrogen-bond acceptors (Lipinski definition) is 3. The van der Waals surface area contributed by atoms with E-state index in [0.29, 0.717) is 15.4 Å². The lowest BCUT2D eigenvalue weighted by Crippen LogP contribution is -2.32. The summed E-state index contributed by atoms with van der Waals surface area (Å²) in [6, 6.07) is 9.78. The number of rotatable bonds is 4. The maximum Gasteiger partial charge on any atom is 0.287 e. The van der Waals surface area contributed by atoms with Gasteiger partial charge in [0.2, 0.25) is 5.91 Å². The van der Waals surface area contributed by atoms with Gasteiger partial charge in [-0.2, -0.15) is 0 Å². The molecule has 1 aromatic heterocycles. The average molecular weight is 358 g/mol. The zero-order valence-electron chi connectivity index (χ0n) is 10.2. The molecule has 0 aliphatic rings. The summed E-state index contributed by atoms with van der Waals surface area (Å²) < 4.78 is 5.52. The number of benzene rings is 1. The molecule has 0 spiro atoms. The second-order valence-corrected chi connectivity index (χ2v) is 5.06. The highest BCUT2D eigenvalue weighted by Gasteiger charge is 2.11. The quantitative estimate of drug-likeness (QED) is 0.883. The van der Waals surface area contributed by atoms with Crippen LogP contribution in [0.2, 0.25) is 5.02 Å². The Bertz CT molecular complexity index is 625. The lowest BCUT2D eigenvalue weighted by atomic mass is 10.3. The summed E-state index contributed by atoms with van der Waals surface area (Å²) in [5, 5.41) is 5.66. The van der Waals surface area contributed by atoms with Gasteiger partial charge in [-0.05, 0) is 52.3 Å². The molecule has 0 saturated heterocycles. The molecule has 104 valence electrons. The summed E-state index contributed by atoms with van der Waals surface area (Å²) in [5.41, 5.74) is 0.606. The van der Waals surface area contributed by atoms with E-state index in [1.54, 1.807) is 30.3 Å². The molecule has 1 aromatic carbocycles. The van der Waals surface area contributed by atoms with Crippen molar-refractivity contribution in [3.63, 3.8) is 0 Å². The predicted molar refractivity (Wildman–Crippen MR) is 78.8 cm³/mol. The Morgan fingerprint density at radius 2 is 1.85 bits per heavy atom. The van der Waals surface area contributed by atoms with E-state index in [4.69, 9.17) is 16.0 Å². The molecule has 2 amide bonds. The molecule has 0 aliphatic carbocycles. The van der Waals surface area contributed by atoms with E-state index in [9.17, 15) is 9.59 Å². The molecule has 0 unspecified atom stereocenters. The molecule has 0 fully saturated rings. The molecular formula is C13H10BrClN2O3. The molecule has 0 atom stereocenters. The van der Waals surface area contributed by atoms with Gasteiger partial charge in [-0.1, -0.05) is 11.6 Å². The summed E-state index contributed by atoms with van der Waals surface area (Å²) >= 11 is 8.83. The number of carbonyl (C=O) groups excluding carboxylic acids is 2. The van der Waals surface area contributed by atoms with Crippen molar-refractivity contribution in [3.05, 3.63) is 51.9 Å². The van der Waals surface area contributed by atoms with Crippen LogP contribution in [0.25, 0.3) is 0 Å². The van der Waals surface area contributed by atoms with E-state index in [1.165, 1.54) is 6.07 Å². The van der Waals surface area contributed by atoms with Crippen LogP contribution in [0, 0.1) is 0 Å². The first-order valence-corrected chi connectivity index (χ1v) is 6.80. The van der Waals surface area contributed by atoms with Crippen LogP contribution in [0.5, 0.6) is 0 Å². The van der Waals surface area contributed by atoms with Crippen molar-refractivity contribution in [2.24, 2.45) is 0 Å². The van der Waals surface area contributed by atoms with Gasteiger partial charge in [-0.15, -0.1) is 0 Å². The van der Waals surface area contributed by atoms with Gasteiger partial charge < -0.3 is 15.1 Å². The number of carbonyl (C=O) groups is 2. The Labute approximate surface area is 128 Å². The van der Waals surface area contributed by atoms with Crippen molar-refractivity contribution in [1.82, 2.24) is 5.32 Å². The highest BCUT2D eigenvalue weighted by atomic mass is 79.9. The molecule has 0 saturated carbocycles. The normalized spacial score (nSPS) is 10.1. The first-order chi connectivity index (χ1) is 9.54. The van der Waals surface area contributed by atoms with Crippen LogP contribution in [0.4, 0.5) is 5.69 Å². The van der Waals surface area contributed by atoms with Crippen molar-refractivity contribution in [2.45, 2.75) is 0 Å². The van der Waals surface area contributed by atoms with Crippen molar-refractivity contribution in [2.75, 3.05) is 11.9 Å². The van der Waals surface area contributed by atoms with Crippen LogP contribution < -0.4 is 10.6 Å². The van der Waals surface area contributed by atoms with E-state index < -0.39 is 5.91 Å². The second-order valence-electron chi connectivity index (χ2n) is 3.84. The largest absolute Gasteiger partial charge is 0.444 e. The number of nitrogens with one attached hydrogen (secondary N) is 2. The van der Waals surface area contributed by atoms with Crippen LogP contribution in [-0.2, 0) is 4.79 Å². The van der Waals surface area contributed by atoms with Crippen molar-refractivity contribution < 1.29 is 14.0 Å². The highest BCUT2D eigenvalue weighted by molar-refractivity contribution is 9.10. The van der Waals surface area contributed by atoms with E-state index in [2.05, 4.69) is 26.6 Å². The smallest absolute Gasteiger partial charge is 0.287 e. The SMILES string of the molecule is O=C(CNC(=O)c1ccc(Br)o1)Nc1ccc(Cl)cc1. The molecule has 7 heteroatoms. The molecular weight excluding hydrogens is 348 g/mol. The van der Waals surface area contributed by atoms with Crippen LogP contribution in [0.15, 0.2) is 45.5 Å². The minimum absolute atomic E-state index is 0.135. The van der Waals surface area contributed by atoms with E-state index in [1.807, 2.05) is 0 Å². The fraction of sp³-hybridized carbons (Fsp3) is 0.0769. The van der Waals surface area contributed by atoms with Crippen LogP contribution in [0.1, 0.15) is 10.6 Å². The molecule has 1 heterocycles. The monoisotopic (exact) mass is 356 g/mol. The fourth-order valence-electron chi connectivity index (χ4n) is 1.42. The first-order valence-electron chi connectivity index (χ1n) is 5.63. The molecule has 2 N–H and O–H groups in total. The molecule has 0 radical (unpaired) electrons. The van der Waals surface area contributed by atoms with Gasteiger partial charge in [0, 0.05) is 10.7 Å². The number of anilines is 1. The van der Waals surface area contributed by atoms with Gasteiger partial charge in [0.15, 0.2) is 10.4 Å². The molecule has 2 aromatic rings. The van der Waals surface area contributed by atoms with E-state index in [0.717, 1.165) is 0 Å². The lowest BCUT2D eigenvalue weighted by molar-refractivity contribution is -0.115. The third-order valence-corrected chi connectivity index (χ3v) is 3.01. The minimum atomic E-state index is -0.457. The summed E-state index contributed by atoms with van der Waals surface area (Å²) in [5.74, 6) is -0.663. The van der Waals surface area contributed by atoms with Crippen molar-refractivity contribution in [3.8, 4) is 0 Å². The highest BCUT2D eigenvalue weighted by Crippen LogP contribution is 2.14. The molecule has 0 aliphatic heterocycles. The van der Waals surface area contributed by atoms with Crippen LogP contribution in [-0.4, -0.2) is 18.4 Å². The van der Waals surface area contributed by atoms with Crippen LogP contribution >= 0.6 is 27.5 Å². The Morgan fingerprint density at radius 1 is 1.15 bits per heavy atom. The number of halogens is 2. The fourth-order valence-corrected chi connectivity index (χ4v) is 1.85. The Kier molecular flexibility index (Phi) is 4.81. The molecule has 0 bridgehead atoms. The summed E-state index contributed by atoms with van der Waals surface area (Å²) in [4.78, 5) is 23.3. The van der Waals surface area contributed by atoms with Crippen LogP contribution in [0.3, 0.4) is 0 Å². The Morgan fingerprint density at radius 3 is 2.45 bits per heavy atom. The van der Waals surface area contributed by atoms with E-state index >= 15 is 0 Å². The standard InChI is InChI=1S/C13H10BrClN2O3/c14-11-6-5-10(20-11)13(19)16-7-12(18)17-9-3-1-8(15)2-4-9/h1-6H,7H2,(H,16,19)(H,17,18). The zero-order chi connectivity index (χ0) is 14.5. The predicted octanol–water partition coefficient (Wildman–Crippen LogP) is 3.06. The van der Waals surface area contributed by atoms with Gasteiger partial charge in [-0.3, -0.25) is 9.59 Å². The maximum atomic E-state index is 11.6. The Hall–Kier alpha value is -1.79. The Balaban J connectivity index is 1.83. The zero-order valence-corrected chi connectivity index (χ0v) is 12.5. The molecule has 20 heavy (non-hydrogen) atoms. The minimum Gasteiger partial charge on any atom is -0.444 e. The summed E-state index contributed by atoms with van der Waals surface area (Å²) in [7, 11) is 0. The van der Waals surface area contributed by atoms with E-state index in [-0.39, 0.29) is 18.2 Å². The van der Waals surface area contributed by atoms with Gasteiger partial charge in [0.25, 0.3) is 5.91 Å². The van der Waals surface area contributed by atoms with Crippen molar-refractivity contribution in [1.29, 1.82) is 0 Å². The summed E-state index contributed by atoms with van der Waals surface area (Å²) in [6.07, 6.45) is 0. The molecule has 5 nitrogen and oxygen atoms in total. The first kappa shape index (κ1) is 14.6. The van der Waals surface area contributed by atoms with Gasteiger partial charge in [-0.25, -0.2) is 0 Å². The third kappa shape index (κ3) is 4.11. The topological polar surface area (TPSA) is 71.3 Å². The lowest BCUT2D eigenvalue weighted by Gasteiger charge is -2.06. The number of amides is 2. The summed E-state index contributed by atoms with van der Waals surface area (Å²) in [6.45, 7) is -0.153. The maximum absolute atomic E-state index is 11.6. The number of hydrogen-bond donors (Lipinski definition) is 2. The third-order valence-electron chi connectivity index (χ3n) is 2.33. The molecule has 2 rings (SSSR count). The second kappa shape index (κ2) is 6.58. The van der Waals surface area contributed by atoms with Gasteiger partial charge >= 0.3 is 0 Å².